The van der Waals surface area contributed by atoms with Crippen LogP contribution in [0.4, 0.5) is 5.69 Å². The molecule has 0 unspecified atom stereocenters. The van der Waals surface area contributed by atoms with Crippen molar-refractivity contribution in [3.05, 3.63) is 65.7 Å². The summed E-state index contributed by atoms with van der Waals surface area (Å²) in [6, 6.07) is 15.8. The van der Waals surface area contributed by atoms with Crippen LogP contribution in [-0.2, 0) is 16.0 Å². The van der Waals surface area contributed by atoms with E-state index < -0.39 is 11.9 Å². The molecule has 0 aromatic heterocycles. The summed E-state index contributed by atoms with van der Waals surface area (Å²) >= 11 is 0. The Bertz CT molecular complexity index is 694. The second kappa shape index (κ2) is 6.92. The van der Waals surface area contributed by atoms with E-state index in [1.807, 2.05) is 30.3 Å². The van der Waals surface area contributed by atoms with Crippen molar-refractivity contribution in [3.8, 4) is 11.8 Å². The smallest absolute Gasteiger partial charge is 0.307 e. The Labute approximate surface area is 122 Å². The zero-order valence-corrected chi connectivity index (χ0v) is 11.2. The second-order valence-corrected chi connectivity index (χ2v) is 4.34. The number of carbonyl (C=O) groups is 2. The van der Waals surface area contributed by atoms with Gasteiger partial charge in [-0.1, -0.05) is 36.3 Å². The Morgan fingerprint density at radius 3 is 2.29 bits per heavy atom. The fraction of sp³-hybridized carbons (Fsp3) is 0.0588. The first-order valence-electron chi connectivity index (χ1n) is 6.32. The van der Waals surface area contributed by atoms with Crippen molar-refractivity contribution < 1.29 is 14.7 Å². The maximum absolute atomic E-state index is 11.7. The van der Waals surface area contributed by atoms with Gasteiger partial charge in [-0.15, -0.1) is 0 Å². The normalized spacial score (nSPS) is 9.33. The molecule has 0 radical (unpaired) electrons. The molecule has 21 heavy (non-hydrogen) atoms. The fourth-order valence-electron chi connectivity index (χ4n) is 1.69. The van der Waals surface area contributed by atoms with Crippen LogP contribution in [0.5, 0.6) is 0 Å². The molecule has 0 fully saturated rings. The number of rotatable bonds is 3. The molecule has 4 heteroatoms. The Kier molecular flexibility index (Phi) is 4.73. The van der Waals surface area contributed by atoms with Crippen LogP contribution < -0.4 is 5.32 Å². The van der Waals surface area contributed by atoms with Crippen molar-refractivity contribution in [1.82, 2.24) is 0 Å². The van der Waals surface area contributed by atoms with Crippen LogP contribution in [0.2, 0.25) is 0 Å². The number of carboxylic acid groups (broad SMARTS) is 1. The van der Waals surface area contributed by atoms with Gasteiger partial charge in [0.2, 0.25) is 0 Å². The highest BCUT2D eigenvalue weighted by molar-refractivity contribution is 6.04. The molecule has 0 aliphatic heterocycles. The Balaban J connectivity index is 1.97. The van der Waals surface area contributed by atoms with Gasteiger partial charge in [0, 0.05) is 17.2 Å². The molecular weight excluding hydrogens is 266 g/mol. The van der Waals surface area contributed by atoms with Crippen LogP contribution in [0.25, 0.3) is 0 Å². The van der Waals surface area contributed by atoms with Gasteiger partial charge in [0.05, 0.1) is 6.42 Å². The van der Waals surface area contributed by atoms with E-state index in [9.17, 15) is 9.59 Å². The minimum absolute atomic E-state index is 0.0396. The second-order valence-electron chi connectivity index (χ2n) is 4.34. The lowest BCUT2D eigenvalue weighted by Gasteiger charge is -2.02. The lowest BCUT2D eigenvalue weighted by molar-refractivity contribution is -0.136. The molecule has 0 bridgehead atoms. The number of amides is 1. The van der Waals surface area contributed by atoms with Crippen molar-refractivity contribution in [2.45, 2.75) is 6.42 Å². The highest BCUT2D eigenvalue weighted by Gasteiger charge is 2.01. The lowest BCUT2D eigenvalue weighted by Crippen LogP contribution is -2.08. The van der Waals surface area contributed by atoms with E-state index in [1.165, 1.54) is 0 Å². The van der Waals surface area contributed by atoms with E-state index in [-0.39, 0.29) is 6.42 Å². The number of hydrogen-bond acceptors (Lipinski definition) is 2. The molecule has 104 valence electrons. The minimum atomic E-state index is -0.888. The van der Waals surface area contributed by atoms with E-state index in [0.29, 0.717) is 11.3 Å². The van der Waals surface area contributed by atoms with Crippen LogP contribution in [-0.4, -0.2) is 17.0 Å². The summed E-state index contributed by atoms with van der Waals surface area (Å²) in [5.74, 6) is 3.96. The summed E-state index contributed by atoms with van der Waals surface area (Å²) in [6.07, 6.45) is -0.0396. The molecule has 2 N–H and O–H groups in total. The monoisotopic (exact) mass is 279 g/mol. The molecule has 0 atom stereocenters. The molecule has 2 aromatic carbocycles. The summed E-state index contributed by atoms with van der Waals surface area (Å²) in [5, 5.41) is 11.3. The maximum atomic E-state index is 11.7. The Hall–Kier alpha value is -3.06. The van der Waals surface area contributed by atoms with E-state index in [0.717, 1.165) is 5.56 Å². The third kappa shape index (κ3) is 4.84. The first kappa shape index (κ1) is 14.4. The predicted molar refractivity (Wildman–Crippen MR) is 79.7 cm³/mol. The van der Waals surface area contributed by atoms with Gasteiger partial charge in [0.1, 0.15) is 0 Å². The third-order valence-electron chi connectivity index (χ3n) is 2.66. The maximum Gasteiger partial charge on any atom is 0.307 e. The zero-order chi connectivity index (χ0) is 15.1. The standard InChI is InChI=1S/C17H13NO3/c19-16(11-8-13-4-2-1-3-5-13)18-15-9-6-14(7-10-15)12-17(20)21/h1-7,9-10H,12H2,(H,18,19)(H,20,21). The number of benzene rings is 2. The van der Waals surface area contributed by atoms with Crippen LogP contribution in [0.15, 0.2) is 54.6 Å². The van der Waals surface area contributed by atoms with Gasteiger partial charge >= 0.3 is 11.9 Å². The van der Waals surface area contributed by atoms with Gasteiger partial charge < -0.3 is 10.4 Å². The van der Waals surface area contributed by atoms with Gasteiger partial charge in [-0.05, 0) is 29.8 Å². The van der Waals surface area contributed by atoms with E-state index in [2.05, 4.69) is 17.2 Å². The first-order valence-corrected chi connectivity index (χ1v) is 6.32. The SMILES string of the molecule is O=C(O)Cc1ccc(NC(=O)C#Cc2ccccc2)cc1. The quantitative estimate of drug-likeness (QED) is 0.847. The zero-order valence-electron chi connectivity index (χ0n) is 11.2. The highest BCUT2D eigenvalue weighted by atomic mass is 16.4. The average molecular weight is 279 g/mol. The molecule has 4 nitrogen and oxygen atoms in total. The lowest BCUT2D eigenvalue weighted by atomic mass is 10.1. The summed E-state index contributed by atoms with van der Waals surface area (Å²) < 4.78 is 0. The van der Waals surface area contributed by atoms with Crippen LogP contribution >= 0.6 is 0 Å². The summed E-state index contributed by atoms with van der Waals surface area (Å²) in [6.45, 7) is 0. The molecule has 0 saturated heterocycles. The number of carbonyl (C=O) groups excluding carboxylic acids is 1. The number of carboxylic acids is 1. The Morgan fingerprint density at radius 1 is 1.00 bits per heavy atom. The highest BCUT2D eigenvalue weighted by Crippen LogP contribution is 2.09. The number of anilines is 1. The van der Waals surface area contributed by atoms with E-state index in [1.54, 1.807) is 24.3 Å². The molecule has 0 aliphatic carbocycles. The van der Waals surface area contributed by atoms with Crippen molar-refractivity contribution in [2.24, 2.45) is 0 Å². The summed E-state index contributed by atoms with van der Waals surface area (Å²) in [4.78, 5) is 22.2. The summed E-state index contributed by atoms with van der Waals surface area (Å²) in [5.41, 5.74) is 2.02. The van der Waals surface area contributed by atoms with Crippen LogP contribution in [0.1, 0.15) is 11.1 Å². The number of nitrogens with one attached hydrogen (secondary N) is 1. The molecular formula is C17H13NO3. The third-order valence-corrected chi connectivity index (χ3v) is 2.66. The van der Waals surface area contributed by atoms with Gasteiger partial charge in [-0.3, -0.25) is 9.59 Å². The molecule has 2 rings (SSSR count). The fourth-order valence-corrected chi connectivity index (χ4v) is 1.69. The topological polar surface area (TPSA) is 66.4 Å². The molecule has 0 heterocycles. The molecule has 0 aliphatic rings. The number of hydrogen-bond donors (Lipinski definition) is 2. The van der Waals surface area contributed by atoms with Crippen molar-refractivity contribution in [3.63, 3.8) is 0 Å². The largest absolute Gasteiger partial charge is 0.481 e. The predicted octanol–water partition coefficient (Wildman–Crippen LogP) is 2.30. The van der Waals surface area contributed by atoms with E-state index in [4.69, 9.17) is 5.11 Å². The van der Waals surface area contributed by atoms with Crippen molar-refractivity contribution >= 4 is 17.6 Å². The first-order chi connectivity index (χ1) is 10.1. The van der Waals surface area contributed by atoms with Gasteiger partial charge in [-0.25, -0.2) is 0 Å². The summed E-state index contributed by atoms with van der Waals surface area (Å²) in [7, 11) is 0. The van der Waals surface area contributed by atoms with Crippen LogP contribution in [0, 0.1) is 11.8 Å². The van der Waals surface area contributed by atoms with Crippen molar-refractivity contribution in [1.29, 1.82) is 0 Å². The van der Waals surface area contributed by atoms with Crippen molar-refractivity contribution in [2.75, 3.05) is 5.32 Å². The number of aliphatic carboxylic acids is 1. The molecule has 0 saturated carbocycles. The minimum Gasteiger partial charge on any atom is -0.481 e. The van der Waals surface area contributed by atoms with Gasteiger partial charge in [0.15, 0.2) is 0 Å². The molecule has 1 amide bonds. The molecule has 2 aromatic rings. The van der Waals surface area contributed by atoms with Crippen LogP contribution in [0.3, 0.4) is 0 Å². The average Bonchev–Trinajstić information content (AvgIpc) is 2.48. The Morgan fingerprint density at radius 2 is 1.67 bits per heavy atom. The van der Waals surface area contributed by atoms with Gasteiger partial charge in [-0.2, -0.15) is 0 Å². The van der Waals surface area contributed by atoms with Gasteiger partial charge in [0.25, 0.3) is 0 Å². The molecule has 0 spiro atoms. The van der Waals surface area contributed by atoms with E-state index >= 15 is 0 Å².